The van der Waals surface area contributed by atoms with Crippen LogP contribution in [0.15, 0.2) is 53.7 Å². The highest BCUT2D eigenvalue weighted by atomic mass is 16.5. The Hall–Kier alpha value is -3.09. The molecule has 2 N–H and O–H groups in total. The molecule has 0 spiro atoms. The molecular weight excluding hydrogens is 390 g/mol. The summed E-state index contributed by atoms with van der Waals surface area (Å²) >= 11 is 0. The molecule has 0 bridgehead atoms. The molecule has 1 aliphatic heterocycles. The second kappa shape index (κ2) is 11.9. The average molecular weight is 424 g/mol. The molecule has 7 heteroatoms. The number of nitrogens with zero attached hydrogens (tertiary/aromatic N) is 3. The van der Waals surface area contributed by atoms with Crippen molar-refractivity contribution < 1.29 is 9.53 Å². The van der Waals surface area contributed by atoms with Gasteiger partial charge < -0.3 is 20.3 Å². The predicted octanol–water partition coefficient (Wildman–Crippen LogP) is 2.63. The van der Waals surface area contributed by atoms with Crippen molar-refractivity contribution in [1.82, 2.24) is 20.5 Å². The largest absolute Gasteiger partial charge is 0.478 e. The Labute approximate surface area is 184 Å². The molecule has 31 heavy (non-hydrogen) atoms. The van der Waals surface area contributed by atoms with E-state index in [9.17, 15) is 4.79 Å². The van der Waals surface area contributed by atoms with Crippen LogP contribution in [0, 0.1) is 5.92 Å². The second-order valence-electron chi connectivity index (χ2n) is 7.66. The van der Waals surface area contributed by atoms with E-state index in [0.717, 1.165) is 44.1 Å². The summed E-state index contributed by atoms with van der Waals surface area (Å²) in [5.74, 6) is 1.91. The zero-order chi connectivity index (χ0) is 21.9. The quantitative estimate of drug-likeness (QED) is 0.454. The number of rotatable bonds is 10. The summed E-state index contributed by atoms with van der Waals surface area (Å²) in [5.41, 5.74) is 2.31. The number of hydrogen-bond donors (Lipinski definition) is 2. The zero-order valence-corrected chi connectivity index (χ0v) is 18.5. The van der Waals surface area contributed by atoms with Gasteiger partial charge in [0.1, 0.15) is 0 Å². The maximum absolute atomic E-state index is 12.4. The monoisotopic (exact) mass is 423 g/mol. The molecule has 7 nitrogen and oxygen atoms in total. The highest BCUT2D eigenvalue weighted by Crippen LogP contribution is 2.17. The molecule has 1 atom stereocenters. The van der Waals surface area contributed by atoms with E-state index in [0.29, 0.717) is 25.5 Å². The van der Waals surface area contributed by atoms with Gasteiger partial charge >= 0.3 is 0 Å². The van der Waals surface area contributed by atoms with Crippen LogP contribution in [-0.2, 0) is 17.8 Å². The lowest BCUT2D eigenvalue weighted by molar-refractivity contribution is -0.127. The first-order valence-corrected chi connectivity index (χ1v) is 11.1. The topological polar surface area (TPSA) is 78.9 Å². The number of pyridine rings is 1. The fourth-order valence-corrected chi connectivity index (χ4v) is 3.64. The fourth-order valence-electron chi connectivity index (χ4n) is 3.64. The first-order chi connectivity index (χ1) is 15.2. The molecule has 1 fully saturated rings. The minimum Gasteiger partial charge on any atom is -0.478 e. The van der Waals surface area contributed by atoms with Gasteiger partial charge in [-0.05, 0) is 37.5 Å². The molecular formula is C24H33N5O2. The van der Waals surface area contributed by atoms with Crippen molar-refractivity contribution in [2.24, 2.45) is 10.9 Å². The molecule has 1 aromatic carbocycles. The molecule has 3 rings (SSSR count). The Morgan fingerprint density at radius 2 is 2.03 bits per heavy atom. The van der Waals surface area contributed by atoms with E-state index >= 15 is 0 Å². The van der Waals surface area contributed by atoms with Crippen LogP contribution in [0.4, 0.5) is 0 Å². The maximum atomic E-state index is 12.4. The first kappa shape index (κ1) is 22.6. The normalized spacial score (nSPS) is 16.5. The van der Waals surface area contributed by atoms with Gasteiger partial charge in [0.25, 0.3) is 0 Å². The molecule has 1 saturated heterocycles. The summed E-state index contributed by atoms with van der Waals surface area (Å²) in [7, 11) is 0. The van der Waals surface area contributed by atoms with Crippen molar-refractivity contribution in [3.05, 3.63) is 59.8 Å². The van der Waals surface area contributed by atoms with Gasteiger partial charge in [-0.1, -0.05) is 30.3 Å². The number of aliphatic imine (C=N–C) groups is 1. The van der Waals surface area contributed by atoms with Crippen LogP contribution in [0.1, 0.15) is 31.4 Å². The molecule has 1 amide bonds. The van der Waals surface area contributed by atoms with Crippen LogP contribution in [0.3, 0.4) is 0 Å². The number of benzene rings is 1. The van der Waals surface area contributed by atoms with Crippen LogP contribution in [0.2, 0.25) is 0 Å². The van der Waals surface area contributed by atoms with Gasteiger partial charge in [0.15, 0.2) is 5.96 Å². The van der Waals surface area contributed by atoms with Crippen LogP contribution in [0.25, 0.3) is 0 Å². The summed E-state index contributed by atoms with van der Waals surface area (Å²) in [6, 6.07) is 14.2. The Bertz CT molecular complexity index is 856. The van der Waals surface area contributed by atoms with Gasteiger partial charge in [-0.15, -0.1) is 0 Å². The number of carbonyl (C=O) groups is 1. The predicted molar refractivity (Wildman–Crippen MR) is 123 cm³/mol. The summed E-state index contributed by atoms with van der Waals surface area (Å²) in [5, 5.41) is 6.68. The molecule has 0 saturated carbocycles. The van der Waals surface area contributed by atoms with Gasteiger partial charge in [0.2, 0.25) is 11.8 Å². The van der Waals surface area contributed by atoms with Crippen molar-refractivity contribution in [1.29, 1.82) is 0 Å². The van der Waals surface area contributed by atoms with Crippen LogP contribution < -0.4 is 15.4 Å². The molecule has 0 radical (unpaired) electrons. The highest BCUT2D eigenvalue weighted by molar-refractivity contribution is 5.81. The smallest absolute Gasteiger partial charge is 0.223 e. The summed E-state index contributed by atoms with van der Waals surface area (Å²) in [6.07, 6.45) is 3.22. The number of amides is 1. The lowest BCUT2D eigenvalue weighted by atomic mass is 10.1. The van der Waals surface area contributed by atoms with Crippen molar-refractivity contribution in [3.63, 3.8) is 0 Å². The third kappa shape index (κ3) is 7.27. The van der Waals surface area contributed by atoms with Crippen LogP contribution in [0.5, 0.6) is 5.88 Å². The van der Waals surface area contributed by atoms with Gasteiger partial charge in [0, 0.05) is 50.8 Å². The van der Waals surface area contributed by atoms with E-state index in [4.69, 9.17) is 4.74 Å². The fraction of sp³-hybridized carbons (Fsp3) is 0.458. The molecule has 166 valence electrons. The van der Waals surface area contributed by atoms with E-state index in [1.54, 1.807) is 6.20 Å². The van der Waals surface area contributed by atoms with Crippen molar-refractivity contribution in [2.45, 2.75) is 33.2 Å². The number of guanidine groups is 1. The second-order valence-corrected chi connectivity index (χ2v) is 7.66. The van der Waals surface area contributed by atoms with E-state index in [2.05, 4.69) is 32.7 Å². The van der Waals surface area contributed by atoms with E-state index in [1.807, 2.05) is 49.1 Å². The van der Waals surface area contributed by atoms with E-state index in [-0.39, 0.29) is 11.8 Å². The standard InChI is InChI=1S/C24H33N5O2/c1-3-25-24(27-16-20-10-12-26-22(14-20)31-4-2)28-17-21-15-23(30)29(18-21)13-11-19-8-6-5-7-9-19/h5-10,12,14,21H,3-4,11,13,15-18H2,1-2H3,(H2,25,27,28). The van der Waals surface area contributed by atoms with E-state index in [1.165, 1.54) is 5.56 Å². The summed E-state index contributed by atoms with van der Waals surface area (Å²) in [4.78, 5) is 23.3. The van der Waals surface area contributed by atoms with E-state index < -0.39 is 0 Å². The lowest BCUT2D eigenvalue weighted by Gasteiger charge is -2.18. The van der Waals surface area contributed by atoms with Gasteiger partial charge in [-0.2, -0.15) is 0 Å². The SMILES string of the molecule is CCNC(=NCc1ccnc(OCC)c1)NCC1CC(=O)N(CCc2ccccc2)C1. The highest BCUT2D eigenvalue weighted by Gasteiger charge is 2.29. The molecule has 1 unspecified atom stereocenters. The van der Waals surface area contributed by atoms with Crippen LogP contribution >= 0.6 is 0 Å². The number of hydrogen-bond acceptors (Lipinski definition) is 4. The third-order valence-electron chi connectivity index (χ3n) is 5.22. The molecule has 1 aliphatic rings. The summed E-state index contributed by atoms with van der Waals surface area (Å²) < 4.78 is 5.46. The lowest BCUT2D eigenvalue weighted by Crippen LogP contribution is -2.40. The minimum atomic E-state index is 0.241. The Morgan fingerprint density at radius 3 is 2.81 bits per heavy atom. The minimum absolute atomic E-state index is 0.241. The molecule has 2 heterocycles. The number of carbonyl (C=O) groups excluding carboxylic acids is 1. The first-order valence-electron chi connectivity index (χ1n) is 11.1. The van der Waals surface area contributed by atoms with Gasteiger partial charge in [-0.3, -0.25) is 4.79 Å². The number of likely N-dealkylation sites (tertiary alicyclic amines) is 1. The average Bonchev–Trinajstić information content (AvgIpc) is 3.15. The number of aromatic nitrogens is 1. The van der Waals surface area contributed by atoms with Crippen molar-refractivity contribution in [3.8, 4) is 5.88 Å². The molecule has 1 aromatic heterocycles. The molecule has 2 aromatic rings. The Morgan fingerprint density at radius 1 is 1.19 bits per heavy atom. The van der Waals surface area contributed by atoms with Gasteiger partial charge in [0.05, 0.1) is 13.2 Å². The van der Waals surface area contributed by atoms with Crippen molar-refractivity contribution >= 4 is 11.9 Å². The summed E-state index contributed by atoms with van der Waals surface area (Å²) in [6.45, 7) is 8.17. The number of nitrogens with one attached hydrogen (secondary N) is 2. The third-order valence-corrected chi connectivity index (χ3v) is 5.22. The Kier molecular flexibility index (Phi) is 8.70. The van der Waals surface area contributed by atoms with Crippen LogP contribution in [-0.4, -0.2) is 54.5 Å². The number of ether oxygens (including phenoxy) is 1. The van der Waals surface area contributed by atoms with Gasteiger partial charge in [-0.25, -0.2) is 9.98 Å². The maximum Gasteiger partial charge on any atom is 0.223 e. The zero-order valence-electron chi connectivity index (χ0n) is 18.5. The Balaban J connectivity index is 1.48. The van der Waals surface area contributed by atoms with Crippen molar-refractivity contribution in [2.75, 3.05) is 32.8 Å². The molecule has 0 aliphatic carbocycles.